The Labute approximate surface area is 146 Å². The van der Waals surface area contributed by atoms with Crippen LogP contribution in [0.5, 0.6) is 0 Å². The quantitative estimate of drug-likeness (QED) is 0.680. The largest absolute Gasteiger partial charge is 0.345 e. The standard InChI is InChI=1S/C17H14F3N3O3/c18-11-6-7-12(16(20)15(11)19)23-14(25)9-21-13(24)8-22-17(26)10-4-2-1-3-5-10/h1-7H,8-9H2,(H,21,24)(H,22,26)(H,23,25). The number of carbonyl (C=O) groups excluding carboxylic acids is 3. The van der Waals surface area contributed by atoms with Crippen molar-refractivity contribution >= 4 is 23.4 Å². The summed E-state index contributed by atoms with van der Waals surface area (Å²) in [6, 6.07) is 9.71. The van der Waals surface area contributed by atoms with E-state index in [1.165, 1.54) is 0 Å². The highest BCUT2D eigenvalue weighted by molar-refractivity contribution is 5.98. The Morgan fingerprint density at radius 2 is 1.42 bits per heavy atom. The lowest BCUT2D eigenvalue weighted by molar-refractivity contribution is -0.123. The second kappa shape index (κ2) is 8.65. The molecule has 0 aliphatic carbocycles. The molecule has 136 valence electrons. The van der Waals surface area contributed by atoms with E-state index in [4.69, 9.17) is 0 Å². The molecule has 3 N–H and O–H groups in total. The molecule has 0 aliphatic heterocycles. The summed E-state index contributed by atoms with van der Waals surface area (Å²) in [6.07, 6.45) is 0. The minimum absolute atomic E-state index is 0.367. The molecule has 6 nitrogen and oxygen atoms in total. The molecule has 2 rings (SSSR count). The fourth-order valence-corrected chi connectivity index (χ4v) is 1.91. The second-order valence-corrected chi connectivity index (χ2v) is 5.10. The van der Waals surface area contributed by atoms with E-state index >= 15 is 0 Å². The number of hydrogen-bond acceptors (Lipinski definition) is 3. The molecular weight excluding hydrogens is 351 g/mol. The molecule has 9 heteroatoms. The van der Waals surface area contributed by atoms with Gasteiger partial charge in [0.1, 0.15) is 0 Å². The molecule has 0 unspecified atom stereocenters. The predicted octanol–water partition coefficient (Wildman–Crippen LogP) is 1.59. The Bertz CT molecular complexity index is 829. The first-order valence-electron chi connectivity index (χ1n) is 7.41. The number of carbonyl (C=O) groups is 3. The van der Waals surface area contributed by atoms with Crippen LogP contribution in [0.3, 0.4) is 0 Å². The molecule has 26 heavy (non-hydrogen) atoms. The number of hydrogen-bond donors (Lipinski definition) is 3. The summed E-state index contributed by atoms with van der Waals surface area (Å²) < 4.78 is 39.3. The zero-order valence-electron chi connectivity index (χ0n) is 13.3. The number of nitrogens with one attached hydrogen (secondary N) is 3. The lowest BCUT2D eigenvalue weighted by Gasteiger charge is -2.09. The van der Waals surface area contributed by atoms with E-state index in [1.54, 1.807) is 30.3 Å². The molecule has 0 aromatic heterocycles. The monoisotopic (exact) mass is 365 g/mol. The molecule has 0 saturated carbocycles. The van der Waals surface area contributed by atoms with Gasteiger partial charge in [0, 0.05) is 5.56 Å². The van der Waals surface area contributed by atoms with Crippen molar-refractivity contribution in [1.29, 1.82) is 0 Å². The highest BCUT2D eigenvalue weighted by atomic mass is 19.2. The summed E-state index contributed by atoms with van der Waals surface area (Å²) in [5.74, 6) is -6.61. The third-order valence-electron chi connectivity index (χ3n) is 3.20. The van der Waals surface area contributed by atoms with Gasteiger partial charge in [-0.2, -0.15) is 0 Å². The van der Waals surface area contributed by atoms with Gasteiger partial charge < -0.3 is 16.0 Å². The third-order valence-corrected chi connectivity index (χ3v) is 3.20. The lowest BCUT2D eigenvalue weighted by atomic mass is 10.2. The van der Waals surface area contributed by atoms with Crippen molar-refractivity contribution in [3.8, 4) is 0 Å². The number of anilines is 1. The van der Waals surface area contributed by atoms with Crippen LogP contribution < -0.4 is 16.0 Å². The van der Waals surface area contributed by atoms with Crippen LogP contribution in [0.1, 0.15) is 10.4 Å². The normalized spacial score (nSPS) is 10.1. The Balaban J connectivity index is 1.78. The summed E-state index contributed by atoms with van der Waals surface area (Å²) in [6.45, 7) is -0.918. The summed E-state index contributed by atoms with van der Waals surface area (Å²) >= 11 is 0. The van der Waals surface area contributed by atoms with Gasteiger partial charge in [0.15, 0.2) is 17.5 Å². The average Bonchev–Trinajstić information content (AvgIpc) is 2.65. The predicted molar refractivity (Wildman–Crippen MR) is 86.7 cm³/mol. The first-order valence-corrected chi connectivity index (χ1v) is 7.41. The fraction of sp³-hybridized carbons (Fsp3) is 0.118. The average molecular weight is 365 g/mol. The minimum Gasteiger partial charge on any atom is -0.345 e. The van der Waals surface area contributed by atoms with Gasteiger partial charge in [-0.1, -0.05) is 18.2 Å². The van der Waals surface area contributed by atoms with Gasteiger partial charge in [0.2, 0.25) is 11.8 Å². The molecule has 0 bridgehead atoms. The lowest BCUT2D eigenvalue weighted by Crippen LogP contribution is -2.40. The molecule has 0 aliphatic rings. The first kappa shape index (κ1) is 19.0. The van der Waals surface area contributed by atoms with Gasteiger partial charge in [0.25, 0.3) is 5.91 Å². The molecule has 2 aromatic rings. The number of halogens is 3. The Morgan fingerprint density at radius 1 is 0.769 bits per heavy atom. The Morgan fingerprint density at radius 3 is 2.12 bits per heavy atom. The zero-order chi connectivity index (χ0) is 19.1. The Kier molecular flexibility index (Phi) is 6.31. The van der Waals surface area contributed by atoms with Crippen molar-refractivity contribution in [2.45, 2.75) is 0 Å². The van der Waals surface area contributed by atoms with Gasteiger partial charge >= 0.3 is 0 Å². The maximum Gasteiger partial charge on any atom is 0.251 e. The van der Waals surface area contributed by atoms with Crippen LogP contribution in [0.2, 0.25) is 0 Å². The summed E-state index contributed by atoms with van der Waals surface area (Å²) in [7, 11) is 0. The first-order chi connectivity index (χ1) is 12.4. The van der Waals surface area contributed by atoms with E-state index in [-0.39, 0.29) is 6.54 Å². The van der Waals surface area contributed by atoms with Crippen LogP contribution in [0, 0.1) is 17.5 Å². The molecule has 3 amide bonds. The molecule has 0 atom stereocenters. The number of rotatable bonds is 6. The van der Waals surface area contributed by atoms with Crippen molar-refractivity contribution < 1.29 is 27.6 Å². The van der Waals surface area contributed by atoms with Crippen molar-refractivity contribution in [3.63, 3.8) is 0 Å². The van der Waals surface area contributed by atoms with E-state index in [0.29, 0.717) is 11.6 Å². The van der Waals surface area contributed by atoms with Crippen molar-refractivity contribution in [3.05, 3.63) is 65.5 Å². The maximum atomic E-state index is 13.4. The minimum atomic E-state index is -1.71. The summed E-state index contributed by atoms with van der Waals surface area (Å²) in [5.41, 5.74) is -0.188. The third kappa shape index (κ3) is 5.07. The highest BCUT2D eigenvalue weighted by Gasteiger charge is 2.15. The smallest absolute Gasteiger partial charge is 0.251 e. The van der Waals surface area contributed by atoms with Crippen LogP contribution in [0.15, 0.2) is 42.5 Å². The number of benzene rings is 2. The van der Waals surface area contributed by atoms with E-state index in [9.17, 15) is 27.6 Å². The van der Waals surface area contributed by atoms with E-state index in [2.05, 4.69) is 10.6 Å². The molecule has 0 heterocycles. The van der Waals surface area contributed by atoms with Gasteiger partial charge in [-0.15, -0.1) is 0 Å². The van der Waals surface area contributed by atoms with Crippen molar-refractivity contribution in [2.24, 2.45) is 0 Å². The summed E-state index contributed by atoms with van der Waals surface area (Å²) in [5, 5.41) is 6.56. The summed E-state index contributed by atoms with van der Waals surface area (Å²) in [4.78, 5) is 35.0. The highest BCUT2D eigenvalue weighted by Crippen LogP contribution is 2.19. The fourth-order valence-electron chi connectivity index (χ4n) is 1.91. The maximum absolute atomic E-state index is 13.4. The molecular formula is C17H14F3N3O3. The van der Waals surface area contributed by atoms with Gasteiger partial charge in [-0.3, -0.25) is 14.4 Å². The SMILES string of the molecule is O=C(CNC(=O)c1ccccc1)NCC(=O)Nc1ccc(F)c(F)c1F. The second-order valence-electron chi connectivity index (χ2n) is 5.10. The van der Waals surface area contributed by atoms with Crippen LogP contribution in [-0.2, 0) is 9.59 Å². The molecule has 0 saturated heterocycles. The van der Waals surface area contributed by atoms with Crippen LogP contribution in [0.25, 0.3) is 0 Å². The topological polar surface area (TPSA) is 87.3 Å². The van der Waals surface area contributed by atoms with E-state index in [1.807, 2.05) is 5.32 Å². The van der Waals surface area contributed by atoms with Crippen molar-refractivity contribution in [1.82, 2.24) is 10.6 Å². The molecule has 0 radical (unpaired) electrons. The van der Waals surface area contributed by atoms with E-state index in [0.717, 1.165) is 6.07 Å². The zero-order valence-corrected chi connectivity index (χ0v) is 13.3. The molecule has 0 spiro atoms. The van der Waals surface area contributed by atoms with Crippen LogP contribution in [0.4, 0.5) is 18.9 Å². The molecule has 0 fully saturated rings. The van der Waals surface area contributed by atoms with Gasteiger partial charge in [-0.25, -0.2) is 13.2 Å². The van der Waals surface area contributed by atoms with Crippen LogP contribution in [-0.4, -0.2) is 30.8 Å². The molecule has 2 aromatic carbocycles. The van der Waals surface area contributed by atoms with Gasteiger partial charge in [-0.05, 0) is 24.3 Å². The van der Waals surface area contributed by atoms with Crippen molar-refractivity contribution in [2.75, 3.05) is 18.4 Å². The number of amides is 3. The van der Waals surface area contributed by atoms with Gasteiger partial charge in [0.05, 0.1) is 18.8 Å². The van der Waals surface area contributed by atoms with Crippen LogP contribution >= 0.6 is 0 Å². The Hall–Kier alpha value is -3.36. The van der Waals surface area contributed by atoms with E-state index < -0.39 is 47.4 Å².